The van der Waals surface area contributed by atoms with Crippen molar-refractivity contribution in [2.24, 2.45) is 0 Å². The fourth-order valence-electron chi connectivity index (χ4n) is 1.61. The van der Waals surface area contributed by atoms with Gasteiger partial charge in [-0.2, -0.15) is 0 Å². The SMILES string of the molecule is CCC1(C)OCc2cc([SiH](Cl)Cl)ccc2O1. The van der Waals surface area contributed by atoms with Crippen LogP contribution in [0.3, 0.4) is 0 Å². The monoisotopic (exact) mass is 276 g/mol. The van der Waals surface area contributed by atoms with Crippen LogP contribution in [0, 0.1) is 0 Å². The van der Waals surface area contributed by atoms with E-state index in [0.717, 1.165) is 22.9 Å². The van der Waals surface area contributed by atoms with Gasteiger partial charge < -0.3 is 9.47 Å². The van der Waals surface area contributed by atoms with E-state index in [1.54, 1.807) is 0 Å². The van der Waals surface area contributed by atoms with E-state index in [-0.39, 0.29) is 0 Å². The molecule has 5 heteroatoms. The quantitative estimate of drug-likeness (QED) is 0.611. The van der Waals surface area contributed by atoms with Gasteiger partial charge in [-0.3, -0.25) is 0 Å². The molecule has 0 amide bonds. The van der Waals surface area contributed by atoms with E-state index in [9.17, 15) is 0 Å². The van der Waals surface area contributed by atoms with E-state index in [1.807, 2.05) is 32.0 Å². The third-order valence-electron chi connectivity index (χ3n) is 2.84. The van der Waals surface area contributed by atoms with Crippen molar-refractivity contribution in [3.63, 3.8) is 0 Å². The van der Waals surface area contributed by atoms with Gasteiger partial charge in [0.15, 0.2) is 0 Å². The summed E-state index contributed by atoms with van der Waals surface area (Å²) in [7, 11) is -1.79. The van der Waals surface area contributed by atoms with E-state index < -0.39 is 13.2 Å². The summed E-state index contributed by atoms with van der Waals surface area (Å²) in [4.78, 5) is 0. The number of benzene rings is 1. The summed E-state index contributed by atoms with van der Waals surface area (Å²) in [6, 6.07) is 5.87. The molecule has 0 aliphatic carbocycles. The first-order valence-electron chi connectivity index (χ1n) is 5.28. The Bertz CT molecular complexity index is 398. The second-order valence-electron chi connectivity index (χ2n) is 4.05. The smallest absolute Gasteiger partial charge is 0.266 e. The molecule has 1 aliphatic rings. The molecule has 1 aromatic carbocycles. The van der Waals surface area contributed by atoms with Crippen molar-refractivity contribution in [2.75, 3.05) is 0 Å². The maximum atomic E-state index is 5.95. The molecule has 2 rings (SSSR count). The summed E-state index contributed by atoms with van der Waals surface area (Å²) in [5.41, 5.74) is 1.03. The molecule has 0 saturated carbocycles. The van der Waals surface area contributed by atoms with Gasteiger partial charge in [-0.05, 0) is 11.3 Å². The largest absolute Gasteiger partial charge is 0.462 e. The van der Waals surface area contributed by atoms with Crippen LogP contribution >= 0.6 is 22.2 Å². The van der Waals surface area contributed by atoms with Crippen LogP contribution in [0.15, 0.2) is 18.2 Å². The Morgan fingerprint density at radius 1 is 1.44 bits per heavy atom. The molecule has 1 atom stereocenters. The van der Waals surface area contributed by atoms with E-state index in [4.69, 9.17) is 31.6 Å². The van der Waals surface area contributed by atoms with Crippen LogP contribution in [0.1, 0.15) is 25.8 Å². The van der Waals surface area contributed by atoms with Crippen molar-refractivity contribution in [1.29, 1.82) is 0 Å². The van der Waals surface area contributed by atoms with Crippen LogP contribution < -0.4 is 9.92 Å². The van der Waals surface area contributed by atoms with Gasteiger partial charge in [-0.15, -0.1) is 22.2 Å². The zero-order valence-electron chi connectivity index (χ0n) is 9.30. The molecule has 0 fully saturated rings. The van der Waals surface area contributed by atoms with Crippen molar-refractivity contribution in [2.45, 2.75) is 32.7 Å². The summed E-state index contributed by atoms with van der Waals surface area (Å²) in [5, 5.41) is 1.01. The third kappa shape index (κ3) is 2.37. The van der Waals surface area contributed by atoms with Crippen LogP contribution in [0.2, 0.25) is 0 Å². The molecular formula is C11H14Cl2O2Si. The van der Waals surface area contributed by atoms with E-state index >= 15 is 0 Å². The highest BCUT2D eigenvalue weighted by Crippen LogP contribution is 2.32. The highest BCUT2D eigenvalue weighted by atomic mass is 35.7. The van der Waals surface area contributed by atoms with Gasteiger partial charge >= 0.3 is 0 Å². The van der Waals surface area contributed by atoms with Gasteiger partial charge in [0, 0.05) is 18.9 Å². The lowest BCUT2D eigenvalue weighted by molar-refractivity contribution is -0.194. The lowest BCUT2D eigenvalue weighted by atomic mass is 10.1. The highest BCUT2D eigenvalue weighted by Gasteiger charge is 2.30. The number of fused-ring (bicyclic) bond motifs is 1. The summed E-state index contributed by atoms with van der Waals surface area (Å²) < 4.78 is 11.5. The van der Waals surface area contributed by atoms with Crippen LogP contribution in [0.25, 0.3) is 0 Å². The summed E-state index contributed by atoms with van der Waals surface area (Å²) >= 11 is 11.9. The molecule has 1 aliphatic heterocycles. The molecule has 2 nitrogen and oxygen atoms in total. The fraction of sp³-hybridized carbons (Fsp3) is 0.455. The second kappa shape index (κ2) is 4.57. The predicted octanol–water partition coefficient (Wildman–Crippen LogP) is 2.63. The minimum atomic E-state index is -1.79. The van der Waals surface area contributed by atoms with Crippen molar-refractivity contribution >= 4 is 34.8 Å². The van der Waals surface area contributed by atoms with Crippen LogP contribution in [-0.2, 0) is 11.3 Å². The molecule has 0 saturated heterocycles. The van der Waals surface area contributed by atoms with Gasteiger partial charge in [-0.1, -0.05) is 19.1 Å². The van der Waals surface area contributed by atoms with E-state index in [2.05, 4.69) is 0 Å². The minimum Gasteiger partial charge on any atom is -0.462 e. The lowest BCUT2D eigenvalue weighted by Crippen LogP contribution is -2.38. The van der Waals surface area contributed by atoms with E-state index in [1.165, 1.54) is 0 Å². The van der Waals surface area contributed by atoms with Crippen molar-refractivity contribution in [3.05, 3.63) is 23.8 Å². The standard InChI is InChI=1S/C11H14Cl2O2Si/c1-3-11(2)14-7-8-6-9(16(12)13)4-5-10(8)15-11/h4-6,16H,3,7H2,1-2H3. The Hall–Kier alpha value is -0.223. The number of hydrogen-bond donors (Lipinski definition) is 0. The van der Waals surface area contributed by atoms with E-state index in [0.29, 0.717) is 6.61 Å². The van der Waals surface area contributed by atoms with Crippen molar-refractivity contribution in [1.82, 2.24) is 0 Å². The zero-order valence-corrected chi connectivity index (χ0v) is 12.0. The van der Waals surface area contributed by atoms with Gasteiger partial charge in [0.1, 0.15) is 5.75 Å². The average molecular weight is 277 g/mol. The maximum absolute atomic E-state index is 5.95. The molecule has 0 aromatic heterocycles. The Kier molecular flexibility index (Phi) is 3.49. The molecule has 0 bridgehead atoms. The number of halogens is 2. The van der Waals surface area contributed by atoms with Crippen molar-refractivity contribution in [3.8, 4) is 5.75 Å². The molecule has 1 heterocycles. The third-order valence-corrected chi connectivity index (χ3v) is 5.21. The zero-order chi connectivity index (χ0) is 11.8. The summed E-state index contributed by atoms with van der Waals surface area (Å²) in [5.74, 6) is 0.370. The maximum Gasteiger partial charge on any atom is 0.266 e. The Labute approximate surface area is 106 Å². The molecule has 0 radical (unpaired) electrons. The van der Waals surface area contributed by atoms with Crippen LogP contribution in [0.5, 0.6) is 5.75 Å². The number of hydrogen-bond acceptors (Lipinski definition) is 2. The highest BCUT2D eigenvalue weighted by molar-refractivity contribution is 7.39. The minimum absolute atomic E-state index is 0.507. The van der Waals surface area contributed by atoms with Gasteiger partial charge in [-0.25, -0.2) is 0 Å². The lowest BCUT2D eigenvalue weighted by Gasteiger charge is -2.35. The average Bonchev–Trinajstić information content (AvgIpc) is 2.28. The normalized spacial score (nSPS) is 24.1. The summed E-state index contributed by atoms with van der Waals surface area (Å²) in [6.45, 7) is 4.55. The Morgan fingerprint density at radius 3 is 2.81 bits per heavy atom. The molecule has 1 aromatic rings. The molecule has 1 unspecified atom stereocenters. The van der Waals surface area contributed by atoms with Crippen LogP contribution in [-0.4, -0.2) is 13.2 Å². The van der Waals surface area contributed by atoms with Gasteiger partial charge in [0.25, 0.3) is 7.42 Å². The molecule has 0 N–H and O–H groups in total. The molecule has 88 valence electrons. The van der Waals surface area contributed by atoms with Gasteiger partial charge in [0.05, 0.1) is 6.61 Å². The molecule has 0 spiro atoms. The number of ether oxygens (including phenoxy) is 2. The summed E-state index contributed by atoms with van der Waals surface area (Å²) in [6.07, 6.45) is 0.816. The second-order valence-corrected chi connectivity index (χ2v) is 8.60. The first-order valence-corrected chi connectivity index (χ1v) is 9.35. The van der Waals surface area contributed by atoms with Crippen LogP contribution in [0.4, 0.5) is 0 Å². The van der Waals surface area contributed by atoms with Crippen molar-refractivity contribution < 1.29 is 9.47 Å². The molecular weight excluding hydrogens is 263 g/mol. The first kappa shape index (κ1) is 12.2. The Morgan fingerprint density at radius 2 is 2.19 bits per heavy atom. The predicted molar refractivity (Wildman–Crippen MR) is 69.0 cm³/mol. The number of rotatable bonds is 2. The molecule has 16 heavy (non-hydrogen) atoms. The topological polar surface area (TPSA) is 18.5 Å². The first-order chi connectivity index (χ1) is 7.54. The fourth-order valence-corrected chi connectivity index (χ4v) is 3.00. The Balaban J connectivity index is 2.29. The van der Waals surface area contributed by atoms with Gasteiger partial charge in [0.2, 0.25) is 5.79 Å².